The maximum absolute atomic E-state index is 12.3. The molecule has 0 aliphatic carbocycles. The lowest BCUT2D eigenvalue weighted by Gasteiger charge is -2.11. The Morgan fingerprint density at radius 3 is 2.36 bits per heavy atom. The lowest BCUT2D eigenvalue weighted by molar-refractivity contribution is 0.0951. The van der Waals surface area contributed by atoms with Gasteiger partial charge in [0, 0.05) is 23.4 Å². The van der Waals surface area contributed by atoms with Gasteiger partial charge in [0.25, 0.3) is 11.8 Å². The summed E-state index contributed by atoms with van der Waals surface area (Å²) in [5.41, 5.74) is 8.08. The lowest BCUT2D eigenvalue weighted by atomic mass is 10.1. The van der Waals surface area contributed by atoms with E-state index in [1.165, 1.54) is 0 Å². The first-order valence-electron chi connectivity index (χ1n) is 8.07. The monoisotopic (exact) mass is 361 g/mol. The van der Waals surface area contributed by atoms with Gasteiger partial charge in [-0.2, -0.15) is 0 Å². The summed E-state index contributed by atoms with van der Waals surface area (Å²) in [6.45, 7) is 3.11. The fraction of sp³-hybridized carbons (Fsp3) is 0.263. The number of hydrogen-bond acceptors (Lipinski definition) is 3. The molecular weight excluding hydrogens is 338 g/mol. The van der Waals surface area contributed by atoms with E-state index in [0.29, 0.717) is 29.9 Å². The van der Waals surface area contributed by atoms with Crippen molar-refractivity contribution in [3.8, 4) is 0 Å². The summed E-state index contributed by atoms with van der Waals surface area (Å²) in [5, 5.41) is 5.72. The standard InChI is InChI=1S/C19H23N3O2.ClH/c1-14-9-10-16(18(23)21-12-6-5-11-20)13-17(14)22-19(24)15-7-3-2-4-8-15;/h2-4,7-10,13H,5-6,11-12,20H2,1H3,(H,21,23)(H,22,24);1H. The van der Waals surface area contributed by atoms with E-state index in [4.69, 9.17) is 5.73 Å². The van der Waals surface area contributed by atoms with E-state index < -0.39 is 0 Å². The molecule has 0 bridgehead atoms. The van der Waals surface area contributed by atoms with E-state index in [9.17, 15) is 9.59 Å². The average Bonchev–Trinajstić information content (AvgIpc) is 2.61. The molecule has 0 unspecified atom stereocenters. The van der Waals surface area contributed by atoms with Gasteiger partial charge in [-0.3, -0.25) is 9.59 Å². The number of carbonyl (C=O) groups excluding carboxylic acids is 2. The molecule has 0 fully saturated rings. The van der Waals surface area contributed by atoms with Crippen LogP contribution in [0.25, 0.3) is 0 Å². The van der Waals surface area contributed by atoms with Crippen molar-refractivity contribution >= 4 is 29.9 Å². The van der Waals surface area contributed by atoms with Crippen molar-refractivity contribution in [2.45, 2.75) is 19.8 Å². The highest BCUT2D eigenvalue weighted by molar-refractivity contribution is 6.05. The van der Waals surface area contributed by atoms with Crippen LogP contribution in [0.1, 0.15) is 39.1 Å². The van der Waals surface area contributed by atoms with Gasteiger partial charge < -0.3 is 16.4 Å². The third-order valence-electron chi connectivity index (χ3n) is 3.70. The predicted molar refractivity (Wildman–Crippen MR) is 103 cm³/mol. The highest BCUT2D eigenvalue weighted by Gasteiger charge is 2.11. The maximum Gasteiger partial charge on any atom is 0.255 e. The summed E-state index contributed by atoms with van der Waals surface area (Å²) in [4.78, 5) is 24.4. The van der Waals surface area contributed by atoms with Gasteiger partial charge in [-0.25, -0.2) is 0 Å². The Hall–Kier alpha value is -2.37. The fourth-order valence-electron chi connectivity index (χ4n) is 2.26. The highest BCUT2D eigenvalue weighted by atomic mass is 35.5. The van der Waals surface area contributed by atoms with Crippen LogP contribution in [0, 0.1) is 6.92 Å². The van der Waals surface area contributed by atoms with Crippen molar-refractivity contribution in [3.05, 3.63) is 65.2 Å². The topological polar surface area (TPSA) is 84.2 Å². The van der Waals surface area contributed by atoms with Gasteiger partial charge >= 0.3 is 0 Å². The van der Waals surface area contributed by atoms with Crippen LogP contribution >= 0.6 is 12.4 Å². The van der Waals surface area contributed by atoms with Crippen molar-refractivity contribution in [1.29, 1.82) is 0 Å². The molecule has 0 saturated carbocycles. The average molecular weight is 362 g/mol. The molecule has 0 saturated heterocycles. The minimum Gasteiger partial charge on any atom is -0.352 e. The minimum absolute atomic E-state index is 0. The molecule has 2 amide bonds. The Balaban J connectivity index is 0.00000312. The SMILES string of the molecule is Cc1ccc(C(=O)NCCCCN)cc1NC(=O)c1ccccc1.Cl. The molecule has 0 radical (unpaired) electrons. The molecule has 0 heterocycles. The van der Waals surface area contributed by atoms with Gasteiger partial charge in [0.15, 0.2) is 0 Å². The number of rotatable bonds is 7. The third kappa shape index (κ3) is 6.21. The minimum atomic E-state index is -0.195. The summed E-state index contributed by atoms with van der Waals surface area (Å²) in [6.07, 6.45) is 1.73. The van der Waals surface area contributed by atoms with Crippen molar-refractivity contribution in [1.82, 2.24) is 5.32 Å². The van der Waals surface area contributed by atoms with Crippen molar-refractivity contribution in [3.63, 3.8) is 0 Å². The normalized spacial score (nSPS) is 9.84. The molecule has 0 atom stereocenters. The van der Waals surface area contributed by atoms with E-state index in [1.807, 2.05) is 31.2 Å². The Morgan fingerprint density at radius 2 is 1.68 bits per heavy atom. The Kier molecular flexibility index (Phi) is 8.67. The number of hydrogen-bond donors (Lipinski definition) is 3. The van der Waals surface area contributed by atoms with Crippen LogP contribution in [0.2, 0.25) is 0 Å². The zero-order valence-corrected chi connectivity index (χ0v) is 15.1. The van der Waals surface area contributed by atoms with Crippen molar-refractivity contribution < 1.29 is 9.59 Å². The number of carbonyl (C=O) groups is 2. The van der Waals surface area contributed by atoms with Crippen LogP contribution in [0.3, 0.4) is 0 Å². The van der Waals surface area contributed by atoms with E-state index in [-0.39, 0.29) is 24.2 Å². The first-order chi connectivity index (χ1) is 11.6. The van der Waals surface area contributed by atoms with E-state index in [2.05, 4.69) is 10.6 Å². The molecule has 6 heteroatoms. The smallest absolute Gasteiger partial charge is 0.255 e. The third-order valence-corrected chi connectivity index (χ3v) is 3.70. The number of aryl methyl sites for hydroxylation is 1. The van der Waals surface area contributed by atoms with Gasteiger partial charge in [0.05, 0.1) is 0 Å². The van der Waals surface area contributed by atoms with Gasteiger partial charge in [-0.05, 0) is 56.1 Å². The second kappa shape index (κ2) is 10.5. The zero-order valence-electron chi connectivity index (χ0n) is 14.2. The first kappa shape index (κ1) is 20.7. The molecular formula is C19H24ClN3O2. The second-order valence-corrected chi connectivity index (χ2v) is 5.60. The quantitative estimate of drug-likeness (QED) is 0.662. The molecule has 25 heavy (non-hydrogen) atoms. The van der Waals surface area contributed by atoms with Gasteiger partial charge in [-0.15, -0.1) is 12.4 Å². The van der Waals surface area contributed by atoms with Gasteiger partial charge in [-0.1, -0.05) is 24.3 Å². The molecule has 2 aromatic carbocycles. The summed E-state index contributed by atoms with van der Waals surface area (Å²) in [7, 11) is 0. The first-order valence-corrected chi connectivity index (χ1v) is 8.07. The second-order valence-electron chi connectivity index (χ2n) is 5.60. The molecule has 0 aromatic heterocycles. The number of anilines is 1. The number of unbranched alkanes of at least 4 members (excludes halogenated alkanes) is 1. The molecule has 2 rings (SSSR count). The molecule has 5 nitrogen and oxygen atoms in total. The highest BCUT2D eigenvalue weighted by Crippen LogP contribution is 2.18. The number of halogens is 1. The molecule has 0 aliphatic rings. The summed E-state index contributed by atoms with van der Waals surface area (Å²) >= 11 is 0. The zero-order chi connectivity index (χ0) is 17.4. The van der Waals surface area contributed by atoms with Crippen molar-refractivity contribution in [2.24, 2.45) is 5.73 Å². The lowest BCUT2D eigenvalue weighted by Crippen LogP contribution is -2.25. The molecule has 4 N–H and O–H groups in total. The van der Waals surface area contributed by atoms with Crippen LogP contribution in [-0.4, -0.2) is 24.9 Å². The van der Waals surface area contributed by atoms with E-state index in [1.54, 1.807) is 24.3 Å². The van der Waals surface area contributed by atoms with Gasteiger partial charge in [0.1, 0.15) is 0 Å². The fourth-order valence-corrected chi connectivity index (χ4v) is 2.26. The molecule has 0 spiro atoms. The predicted octanol–water partition coefficient (Wildman–Crippen LogP) is 3.14. The largest absolute Gasteiger partial charge is 0.352 e. The molecule has 0 aliphatic heterocycles. The van der Waals surface area contributed by atoms with E-state index >= 15 is 0 Å². The number of amides is 2. The molecule has 2 aromatic rings. The number of nitrogens with one attached hydrogen (secondary N) is 2. The van der Waals surface area contributed by atoms with E-state index in [0.717, 1.165) is 18.4 Å². The van der Waals surface area contributed by atoms with Crippen LogP contribution in [0.4, 0.5) is 5.69 Å². The summed E-state index contributed by atoms with van der Waals surface area (Å²) in [6, 6.07) is 14.3. The Bertz CT molecular complexity index is 705. The maximum atomic E-state index is 12.3. The van der Waals surface area contributed by atoms with Crippen LogP contribution in [0.5, 0.6) is 0 Å². The Morgan fingerprint density at radius 1 is 0.960 bits per heavy atom. The number of benzene rings is 2. The summed E-state index contributed by atoms with van der Waals surface area (Å²) in [5.74, 6) is -0.346. The number of nitrogens with two attached hydrogens (primary N) is 1. The molecule has 134 valence electrons. The van der Waals surface area contributed by atoms with Crippen LogP contribution in [-0.2, 0) is 0 Å². The summed E-state index contributed by atoms with van der Waals surface area (Å²) < 4.78 is 0. The Labute approximate surface area is 154 Å². The van der Waals surface area contributed by atoms with Gasteiger partial charge in [0.2, 0.25) is 0 Å². The van der Waals surface area contributed by atoms with Crippen LogP contribution in [0.15, 0.2) is 48.5 Å². The van der Waals surface area contributed by atoms with Crippen LogP contribution < -0.4 is 16.4 Å². The van der Waals surface area contributed by atoms with Crippen molar-refractivity contribution in [2.75, 3.05) is 18.4 Å².